The normalized spacial score (nSPS) is 17.5. The van der Waals surface area contributed by atoms with E-state index in [1.54, 1.807) is 0 Å². The molecule has 0 heterocycles. The Hall–Kier alpha value is -3.88. The zero-order valence-electron chi connectivity index (χ0n) is 22.4. The molecule has 2 aliphatic rings. The van der Waals surface area contributed by atoms with Crippen LogP contribution in [0.4, 0.5) is 0 Å². The highest BCUT2D eigenvalue weighted by Gasteiger charge is 2.41. The van der Waals surface area contributed by atoms with Crippen LogP contribution in [0.1, 0.15) is 48.9 Å². The molecule has 2 aliphatic carbocycles. The van der Waals surface area contributed by atoms with Crippen molar-refractivity contribution in [3.63, 3.8) is 0 Å². The van der Waals surface area contributed by atoms with Crippen LogP contribution in [0, 0.1) is 0 Å². The van der Waals surface area contributed by atoms with Crippen LogP contribution in [0.25, 0.3) is 33.4 Å². The quantitative estimate of drug-likeness (QED) is 0.103. The number of benzene rings is 4. The molecule has 0 N–H and O–H groups in total. The van der Waals surface area contributed by atoms with Gasteiger partial charge in [0.25, 0.3) is 0 Å². The Morgan fingerprint density at radius 3 is 2.08 bits per heavy atom. The number of hydrogen-bond donors (Lipinski definition) is 0. The van der Waals surface area contributed by atoms with Gasteiger partial charge < -0.3 is 4.74 Å². The molecule has 0 radical (unpaired) electrons. The molecule has 3 heteroatoms. The zero-order chi connectivity index (χ0) is 27.4. The van der Waals surface area contributed by atoms with Gasteiger partial charge in [-0.1, -0.05) is 92.7 Å². The van der Waals surface area contributed by atoms with E-state index >= 15 is 0 Å². The van der Waals surface area contributed by atoms with Crippen molar-refractivity contribution in [3.05, 3.63) is 131 Å². The van der Waals surface area contributed by atoms with E-state index in [2.05, 4.69) is 106 Å². The van der Waals surface area contributed by atoms with Crippen molar-refractivity contribution in [2.75, 3.05) is 6.61 Å². The van der Waals surface area contributed by atoms with Gasteiger partial charge in [0.1, 0.15) is 0 Å². The molecule has 0 saturated carbocycles. The monoisotopic (exact) mass is 530 g/mol. The van der Waals surface area contributed by atoms with Crippen LogP contribution in [-0.4, -0.2) is 12.6 Å². The van der Waals surface area contributed by atoms with Crippen molar-refractivity contribution in [2.24, 2.45) is 0 Å². The topological polar surface area (TPSA) is 26.3 Å². The molecule has 2 nitrogen and oxygen atoms in total. The van der Waals surface area contributed by atoms with Gasteiger partial charge >= 0.3 is 5.97 Å². The summed E-state index contributed by atoms with van der Waals surface area (Å²) in [5.74, 6) is -0.388. The van der Waals surface area contributed by atoms with Gasteiger partial charge in [-0.2, -0.15) is 0 Å². The maximum atomic E-state index is 11.6. The van der Waals surface area contributed by atoms with E-state index in [-0.39, 0.29) is 16.8 Å². The first-order valence-electron chi connectivity index (χ1n) is 13.4. The van der Waals surface area contributed by atoms with E-state index in [0.717, 1.165) is 17.9 Å². The molecule has 4 aromatic rings. The fraction of sp³-hybridized carbons (Fsp3) is 0.194. The predicted octanol–water partition coefficient (Wildman–Crippen LogP) is 9.28. The van der Waals surface area contributed by atoms with E-state index < -0.39 is 0 Å². The van der Waals surface area contributed by atoms with Gasteiger partial charge in [-0.25, -0.2) is 4.79 Å². The third-order valence-electron chi connectivity index (χ3n) is 8.64. The number of halogens is 1. The molecule has 0 amide bonds. The van der Waals surface area contributed by atoms with E-state index in [4.69, 9.17) is 16.3 Å². The Morgan fingerprint density at radius 2 is 1.38 bits per heavy atom. The molecule has 1 atom stereocenters. The van der Waals surface area contributed by atoms with Crippen molar-refractivity contribution in [1.29, 1.82) is 0 Å². The van der Waals surface area contributed by atoms with E-state index in [1.807, 2.05) is 6.07 Å². The van der Waals surface area contributed by atoms with Crippen molar-refractivity contribution < 1.29 is 9.53 Å². The van der Waals surface area contributed by atoms with Gasteiger partial charge in [0.15, 0.2) is 0 Å². The van der Waals surface area contributed by atoms with Crippen LogP contribution in [0.5, 0.6) is 0 Å². The van der Waals surface area contributed by atoms with Crippen LogP contribution in [0.2, 0.25) is 5.02 Å². The average molecular weight is 531 g/mol. The second-order valence-electron chi connectivity index (χ2n) is 11.0. The summed E-state index contributed by atoms with van der Waals surface area (Å²) in [4.78, 5) is 11.6. The maximum Gasteiger partial charge on any atom is 0.330 e. The molecular weight excluding hydrogens is 500 g/mol. The van der Waals surface area contributed by atoms with Gasteiger partial charge in [0, 0.05) is 21.9 Å². The molecule has 4 aromatic carbocycles. The minimum Gasteiger partial charge on any atom is -0.463 e. The Morgan fingerprint density at radius 1 is 0.795 bits per heavy atom. The van der Waals surface area contributed by atoms with Crippen molar-refractivity contribution in [1.82, 2.24) is 0 Å². The number of esters is 1. The summed E-state index contributed by atoms with van der Waals surface area (Å²) < 4.78 is 5.31. The number of fused-ring (bicyclic) bond motifs is 6. The van der Waals surface area contributed by atoms with Crippen LogP contribution in [-0.2, 0) is 20.4 Å². The summed E-state index contributed by atoms with van der Waals surface area (Å²) in [7, 11) is 0. The van der Waals surface area contributed by atoms with Gasteiger partial charge in [0.2, 0.25) is 0 Å². The second kappa shape index (κ2) is 9.39. The Bertz CT molecular complexity index is 1660. The second-order valence-corrected chi connectivity index (χ2v) is 11.5. The van der Waals surface area contributed by atoms with E-state index in [9.17, 15) is 4.79 Å². The van der Waals surface area contributed by atoms with Crippen molar-refractivity contribution in [2.45, 2.75) is 37.5 Å². The lowest BCUT2D eigenvalue weighted by atomic mass is 9.74. The number of carbonyl (C=O) groups is 1. The largest absolute Gasteiger partial charge is 0.463 e. The smallest absolute Gasteiger partial charge is 0.330 e. The van der Waals surface area contributed by atoms with Crippen LogP contribution < -0.4 is 0 Å². The molecule has 6 rings (SSSR count). The standard InChI is InChI=1S/C36H31ClO2/c1-5-34(38)39-19-9-18-36(6-2)30-11-8-7-10-26(30)29-16-13-24(21-33(29)36)23-12-15-27-28-17-14-25(37)22-32(28)35(3,4)31(27)20-23/h5-8,10-17,20-22H,1-2,9,18-19H2,3-4H3. The zero-order valence-corrected chi connectivity index (χ0v) is 23.1. The molecule has 0 spiro atoms. The lowest BCUT2D eigenvalue weighted by molar-refractivity contribution is -0.137. The number of rotatable bonds is 7. The number of allylic oxidation sites excluding steroid dienone is 1. The van der Waals surface area contributed by atoms with Crippen LogP contribution >= 0.6 is 11.6 Å². The molecule has 0 saturated heterocycles. The molecule has 1 unspecified atom stereocenters. The molecular formula is C36H31ClO2. The molecule has 0 aliphatic heterocycles. The minimum atomic E-state index is -0.388. The Labute approximate surface area is 235 Å². The van der Waals surface area contributed by atoms with Crippen LogP contribution in [0.3, 0.4) is 0 Å². The highest BCUT2D eigenvalue weighted by molar-refractivity contribution is 6.30. The molecule has 0 fully saturated rings. The van der Waals surface area contributed by atoms with Crippen LogP contribution in [0.15, 0.2) is 104 Å². The SMILES string of the molecule is C=CC(=O)OCCCC1(C=C)c2ccccc2-c2ccc(-c3ccc4c(c3)C(C)(C)c3cc(Cl)ccc3-4)cc21. The molecule has 0 aromatic heterocycles. The fourth-order valence-corrected chi connectivity index (χ4v) is 6.82. The third kappa shape index (κ3) is 3.89. The van der Waals surface area contributed by atoms with E-state index in [1.165, 1.54) is 61.7 Å². The van der Waals surface area contributed by atoms with Gasteiger partial charge in [-0.3, -0.25) is 0 Å². The summed E-state index contributed by atoms with van der Waals surface area (Å²) >= 11 is 6.38. The molecule has 39 heavy (non-hydrogen) atoms. The molecule has 0 bridgehead atoms. The fourth-order valence-electron chi connectivity index (χ4n) is 6.64. The van der Waals surface area contributed by atoms with Gasteiger partial charge in [0.05, 0.1) is 6.61 Å². The minimum absolute atomic E-state index is 0.133. The predicted molar refractivity (Wildman–Crippen MR) is 161 cm³/mol. The summed E-state index contributed by atoms with van der Waals surface area (Å²) in [5.41, 5.74) is 12.0. The number of ether oxygens (including phenoxy) is 1. The third-order valence-corrected chi connectivity index (χ3v) is 8.88. The first kappa shape index (κ1) is 25.4. The highest BCUT2D eigenvalue weighted by Crippen LogP contribution is 2.54. The summed E-state index contributed by atoms with van der Waals surface area (Å²) in [6.07, 6.45) is 4.79. The lowest BCUT2D eigenvalue weighted by Gasteiger charge is -2.29. The van der Waals surface area contributed by atoms with Gasteiger partial charge in [-0.15, -0.1) is 6.58 Å². The average Bonchev–Trinajstić information content (AvgIpc) is 3.36. The van der Waals surface area contributed by atoms with Crippen molar-refractivity contribution >= 4 is 17.6 Å². The lowest BCUT2D eigenvalue weighted by Crippen LogP contribution is -2.23. The first-order chi connectivity index (χ1) is 18.8. The Balaban J connectivity index is 1.42. The van der Waals surface area contributed by atoms with E-state index in [0.29, 0.717) is 6.61 Å². The number of carbonyl (C=O) groups excluding carboxylic acids is 1. The Kier molecular flexibility index (Phi) is 6.12. The van der Waals surface area contributed by atoms with Crippen molar-refractivity contribution in [3.8, 4) is 33.4 Å². The first-order valence-corrected chi connectivity index (χ1v) is 13.8. The van der Waals surface area contributed by atoms with Gasteiger partial charge in [-0.05, 0) is 92.7 Å². The highest BCUT2D eigenvalue weighted by atomic mass is 35.5. The summed E-state index contributed by atoms with van der Waals surface area (Å²) in [5, 5.41) is 0.771. The maximum absolute atomic E-state index is 11.6. The summed E-state index contributed by atoms with van der Waals surface area (Å²) in [6.45, 7) is 12.7. The summed E-state index contributed by atoms with van der Waals surface area (Å²) in [6, 6.07) is 28.4. The number of hydrogen-bond acceptors (Lipinski definition) is 2. The molecule has 194 valence electrons.